The maximum absolute atomic E-state index is 12.1. The van der Waals surface area contributed by atoms with Gasteiger partial charge in [0.25, 0.3) is 0 Å². The molecule has 4 aromatic rings. The zero-order valence-corrected chi connectivity index (χ0v) is 35.9. The van der Waals surface area contributed by atoms with Crippen LogP contribution in [0.3, 0.4) is 0 Å². The van der Waals surface area contributed by atoms with Crippen LogP contribution in [-0.2, 0) is 9.59 Å². The first-order chi connectivity index (χ1) is 27.6. The molecule has 2 aromatic carbocycles. The van der Waals surface area contributed by atoms with E-state index in [0.29, 0.717) is 56.2 Å². The summed E-state index contributed by atoms with van der Waals surface area (Å²) in [6.07, 6.45) is 7.57. The summed E-state index contributed by atoms with van der Waals surface area (Å²) in [5, 5.41) is 25.6. The number of carboxylic acid groups (broad SMARTS) is 2. The van der Waals surface area contributed by atoms with Crippen molar-refractivity contribution < 1.29 is 38.9 Å². The lowest BCUT2D eigenvalue weighted by Gasteiger charge is -2.25. The van der Waals surface area contributed by atoms with Gasteiger partial charge in [0, 0.05) is 13.1 Å². The highest BCUT2D eigenvalue weighted by molar-refractivity contribution is 6.42. The Hall–Kier alpha value is -4.18. The van der Waals surface area contributed by atoms with Crippen LogP contribution < -0.4 is 9.47 Å². The van der Waals surface area contributed by atoms with Crippen molar-refractivity contribution in [3.05, 3.63) is 79.0 Å². The van der Waals surface area contributed by atoms with Gasteiger partial charge in [-0.15, -0.1) is 10.2 Å². The molecule has 6 rings (SSSR count). The Labute approximate surface area is 357 Å². The molecule has 0 unspecified atom stereocenters. The molecule has 0 saturated carbocycles. The van der Waals surface area contributed by atoms with Gasteiger partial charge in [-0.25, -0.2) is 19.0 Å². The smallest absolute Gasteiger partial charge is 0.414 e. The summed E-state index contributed by atoms with van der Waals surface area (Å²) >= 11 is 24.2. The number of hydrogen-bond donors (Lipinski definition) is 2. The molecule has 18 heteroatoms. The number of carbonyl (C=O) groups excluding carboxylic acids is 2. The minimum atomic E-state index is -1.82. The topological polar surface area (TPSA) is 169 Å². The minimum absolute atomic E-state index is 0.0678. The molecule has 0 spiro atoms. The summed E-state index contributed by atoms with van der Waals surface area (Å²) in [5.74, 6) is -3.04. The van der Waals surface area contributed by atoms with Crippen molar-refractivity contribution in [2.45, 2.75) is 66.2 Å². The average Bonchev–Trinajstić information content (AvgIpc) is 3.70. The highest BCUT2D eigenvalue weighted by Gasteiger charge is 2.23. The Kier molecular flexibility index (Phi) is 17.9. The number of carbonyl (C=O) groups is 4. The van der Waals surface area contributed by atoms with Gasteiger partial charge >= 0.3 is 11.9 Å². The molecular formula is C40H48Cl4N6O8. The van der Waals surface area contributed by atoms with Crippen LogP contribution in [-0.4, -0.2) is 116 Å². The number of halogens is 4. The Morgan fingerprint density at radius 1 is 0.586 bits per heavy atom. The largest absolute Gasteiger partial charge is 0.475 e. The van der Waals surface area contributed by atoms with Crippen molar-refractivity contribution >= 4 is 69.9 Å². The second-order valence-corrected chi connectivity index (χ2v) is 15.4. The fourth-order valence-corrected chi connectivity index (χ4v) is 7.20. The third kappa shape index (κ3) is 12.9. The molecule has 0 amide bonds. The maximum atomic E-state index is 12.1. The van der Waals surface area contributed by atoms with E-state index in [1.54, 1.807) is 33.6 Å². The highest BCUT2D eigenvalue weighted by Crippen LogP contribution is 2.30. The molecular weight excluding hydrogens is 834 g/mol. The van der Waals surface area contributed by atoms with Crippen LogP contribution in [0.15, 0.2) is 36.4 Å². The van der Waals surface area contributed by atoms with Crippen LogP contribution in [0.1, 0.15) is 84.5 Å². The van der Waals surface area contributed by atoms with Gasteiger partial charge in [0.05, 0.1) is 42.9 Å². The molecule has 2 aliphatic heterocycles. The van der Waals surface area contributed by atoms with E-state index in [0.717, 1.165) is 62.0 Å². The number of ketones is 2. The molecule has 14 nitrogen and oxygen atoms in total. The predicted octanol–water partition coefficient (Wildman–Crippen LogP) is 8.27. The van der Waals surface area contributed by atoms with Crippen LogP contribution in [0.25, 0.3) is 11.4 Å². The lowest BCUT2D eigenvalue weighted by atomic mass is 10.1. The van der Waals surface area contributed by atoms with E-state index in [1.165, 1.54) is 52.4 Å². The predicted molar refractivity (Wildman–Crippen MR) is 223 cm³/mol. The molecule has 4 heterocycles. The average molecular weight is 883 g/mol. The number of rotatable bonds is 12. The molecule has 2 fully saturated rings. The first-order valence-corrected chi connectivity index (χ1v) is 20.4. The summed E-state index contributed by atoms with van der Waals surface area (Å²) in [6.45, 7) is 13.9. The second kappa shape index (κ2) is 22.3. The summed E-state index contributed by atoms with van der Waals surface area (Å²) < 4.78 is 15.1. The van der Waals surface area contributed by atoms with Crippen molar-refractivity contribution in [1.82, 2.24) is 29.4 Å². The number of aliphatic carboxylic acids is 2. The zero-order chi connectivity index (χ0) is 42.5. The van der Waals surface area contributed by atoms with E-state index in [2.05, 4.69) is 20.0 Å². The van der Waals surface area contributed by atoms with E-state index in [-0.39, 0.29) is 11.6 Å². The zero-order valence-electron chi connectivity index (χ0n) is 32.9. The number of ether oxygens (including phenoxy) is 2. The van der Waals surface area contributed by atoms with E-state index in [1.807, 2.05) is 26.0 Å². The fourth-order valence-electron chi connectivity index (χ4n) is 6.61. The maximum Gasteiger partial charge on any atom is 0.414 e. The number of carboxylic acids is 2. The SMILES string of the molecule is CC(=O)c1c(OCCN2CCCCC2)nn(-c2ccc(Cl)c(Cl)c2)c1C.CC(=O)c1c(OCCN2CCCCC2)nn(-c2ccc(Cl)c(Cl)c2)c1C.O=C(O)C(=O)O. The van der Waals surface area contributed by atoms with Gasteiger partial charge in [-0.1, -0.05) is 59.2 Å². The molecule has 2 aliphatic rings. The molecule has 0 radical (unpaired) electrons. The fraction of sp³-hybridized carbons (Fsp3) is 0.450. The number of piperidine rings is 2. The number of nitrogens with zero attached hydrogens (tertiary/aromatic N) is 6. The van der Waals surface area contributed by atoms with Gasteiger partial charge < -0.3 is 19.7 Å². The van der Waals surface area contributed by atoms with Crippen molar-refractivity contribution in [3.8, 4) is 23.1 Å². The summed E-state index contributed by atoms with van der Waals surface area (Å²) in [7, 11) is 0. The lowest BCUT2D eigenvalue weighted by Crippen LogP contribution is -2.33. The molecule has 0 atom stereocenters. The van der Waals surface area contributed by atoms with Gasteiger partial charge in [-0.05, 0) is 116 Å². The number of likely N-dealkylation sites (tertiary alicyclic amines) is 2. The molecule has 2 aromatic heterocycles. The van der Waals surface area contributed by atoms with E-state index in [9.17, 15) is 9.59 Å². The Balaban J connectivity index is 0.000000225. The quantitative estimate of drug-likeness (QED) is 0.103. The van der Waals surface area contributed by atoms with E-state index in [4.69, 9.17) is 75.7 Å². The van der Waals surface area contributed by atoms with Crippen molar-refractivity contribution in [2.24, 2.45) is 0 Å². The lowest BCUT2D eigenvalue weighted by molar-refractivity contribution is -0.159. The third-order valence-corrected chi connectivity index (χ3v) is 11.0. The second-order valence-electron chi connectivity index (χ2n) is 13.8. The Bertz CT molecular complexity index is 1930. The van der Waals surface area contributed by atoms with Gasteiger partial charge in [-0.2, -0.15) is 0 Å². The molecule has 0 aliphatic carbocycles. The van der Waals surface area contributed by atoms with Crippen molar-refractivity contribution in [2.75, 3.05) is 52.5 Å². The van der Waals surface area contributed by atoms with E-state index >= 15 is 0 Å². The molecule has 58 heavy (non-hydrogen) atoms. The van der Waals surface area contributed by atoms with Gasteiger partial charge in [0.1, 0.15) is 24.3 Å². The summed E-state index contributed by atoms with van der Waals surface area (Å²) in [4.78, 5) is 47.2. The van der Waals surface area contributed by atoms with Gasteiger partial charge in [0.2, 0.25) is 11.8 Å². The third-order valence-electron chi connectivity index (χ3n) is 9.54. The van der Waals surface area contributed by atoms with E-state index < -0.39 is 11.9 Å². The molecule has 2 saturated heterocycles. The normalized spacial score (nSPS) is 14.4. The van der Waals surface area contributed by atoms with Gasteiger partial charge in [0.15, 0.2) is 11.6 Å². The van der Waals surface area contributed by atoms with Crippen molar-refractivity contribution in [1.29, 1.82) is 0 Å². The Morgan fingerprint density at radius 2 is 0.931 bits per heavy atom. The van der Waals surface area contributed by atoms with Crippen molar-refractivity contribution in [3.63, 3.8) is 0 Å². The van der Waals surface area contributed by atoms with Crippen LogP contribution in [0.4, 0.5) is 0 Å². The van der Waals surface area contributed by atoms with Gasteiger partial charge in [-0.3, -0.25) is 19.4 Å². The van der Waals surface area contributed by atoms with Crippen LogP contribution >= 0.6 is 46.4 Å². The highest BCUT2D eigenvalue weighted by atomic mass is 35.5. The number of Topliss-reactive ketones (excluding diaryl/α,β-unsaturated/α-hetero) is 2. The van der Waals surface area contributed by atoms with Crippen LogP contribution in [0.5, 0.6) is 11.8 Å². The number of aromatic nitrogens is 4. The minimum Gasteiger partial charge on any atom is -0.475 e. The molecule has 314 valence electrons. The molecule has 2 N–H and O–H groups in total. The number of hydrogen-bond acceptors (Lipinski definition) is 10. The molecule has 0 bridgehead atoms. The summed E-state index contributed by atoms with van der Waals surface area (Å²) in [5.41, 5.74) is 3.95. The van der Waals surface area contributed by atoms with Crippen LogP contribution in [0, 0.1) is 13.8 Å². The Morgan fingerprint density at radius 3 is 1.22 bits per heavy atom. The standard InChI is InChI=1S/2C19H23Cl2N3O2.C2H2O4/c2*1-13-18(14(2)25)19(26-11-10-23-8-4-3-5-9-23)22-24(13)15-6-7-16(20)17(21)12-15;3-1(4)2(5)6/h2*6-7,12H,3-5,8-11H2,1-2H3;(H,3,4)(H,5,6). The number of benzene rings is 2. The summed E-state index contributed by atoms with van der Waals surface area (Å²) in [6, 6.07) is 10.5. The monoisotopic (exact) mass is 880 g/mol. The van der Waals surface area contributed by atoms with Crippen LogP contribution in [0.2, 0.25) is 20.1 Å². The first-order valence-electron chi connectivity index (χ1n) is 18.9. The first kappa shape index (κ1) is 46.5.